The number of piperidine rings is 1. The second kappa shape index (κ2) is 6.19. The molecule has 0 radical (unpaired) electrons. The van der Waals surface area contributed by atoms with Crippen molar-refractivity contribution in [3.63, 3.8) is 0 Å². The topological polar surface area (TPSA) is 70.9 Å². The van der Waals surface area contributed by atoms with Crippen LogP contribution >= 0.6 is 0 Å². The Bertz CT molecular complexity index is 417. The average Bonchev–Trinajstić information content (AvgIpc) is 2.87. The van der Waals surface area contributed by atoms with Gasteiger partial charge in [-0.3, -0.25) is 15.0 Å². The van der Waals surface area contributed by atoms with Crippen LogP contribution in [0, 0.1) is 11.3 Å². The van der Waals surface area contributed by atoms with Crippen molar-refractivity contribution in [2.75, 3.05) is 13.1 Å². The minimum absolute atomic E-state index is 0.286. The number of nitrogens with two attached hydrogens (primary N) is 1. The molecule has 0 amide bonds. The predicted molar refractivity (Wildman–Crippen MR) is 77.1 cm³/mol. The van der Waals surface area contributed by atoms with Crippen LogP contribution in [0.4, 0.5) is 0 Å². The SMILES string of the molecule is CCC(C)n1ccc(CN2CCC(C(=N)N)CC2)n1. The van der Waals surface area contributed by atoms with Gasteiger partial charge < -0.3 is 5.73 Å². The number of hydrogen-bond acceptors (Lipinski definition) is 3. The van der Waals surface area contributed by atoms with Crippen LogP contribution in [-0.4, -0.2) is 33.6 Å². The third kappa shape index (κ3) is 3.56. The zero-order valence-corrected chi connectivity index (χ0v) is 12.0. The molecule has 1 aliphatic rings. The fraction of sp³-hybridized carbons (Fsp3) is 0.714. The average molecular weight is 263 g/mol. The standard InChI is InChI=1S/C14H25N5/c1-3-11(2)19-9-6-13(17-19)10-18-7-4-12(5-8-18)14(15)16/h6,9,11-12H,3-5,7-8,10H2,1-2H3,(H3,15,16). The number of rotatable bonds is 5. The number of likely N-dealkylation sites (tertiary alicyclic amines) is 1. The van der Waals surface area contributed by atoms with Crippen molar-refractivity contribution in [1.82, 2.24) is 14.7 Å². The maximum absolute atomic E-state index is 7.49. The van der Waals surface area contributed by atoms with E-state index < -0.39 is 0 Å². The van der Waals surface area contributed by atoms with Gasteiger partial charge in [0.25, 0.3) is 0 Å². The molecule has 0 aromatic carbocycles. The van der Waals surface area contributed by atoms with Gasteiger partial charge in [0, 0.05) is 24.7 Å². The molecule has 1 unspecified atom stereocenters. The summed E-state index contributed by atoms with van der Waals surface area (Å²) >= 11 is 0. The Morgan fingerprint density at radius 3 is 2.79 bits per heavy atom. The van der Waals surface area contributed by atoms with E-state index >= 15 is 0 Å². The van der Waals surface area contributed by atoms with Crippen LogP contribution in [0.15, 0.2) is 12.3 Å². The van der Waals surface area contributed by atoms with Gasteiger partial charge in [-0.2, -0.15) is 5.10 Å². The van der Waals surface area contributed by atoms with E-state index in [0.717, 1.165) is 44.6 Å². The van der Waals surface area contributed by atoms with Crippen LogP contribution < -0.4 is 5.73 Å². The molecule has 0 spiro atoms. The summed E-state index contributed by atoms with van der Waals surface area (Å²) in [6.45, 7) is 7.31. The van der Waals surface area contributed by atoms with Crippen LogP contribution in [0.1, 0.15) is 44.8 Å². The number of hydrogen-bond donors (Lipinski definition) is 2. The lowest BCUT2D eigenvalue weighted by molar-refractivity contribution is 0.198. The highest BCUT2D eigenvalue weighted by atomic mass is 15.3. The van der Waals surface area contributed by atoms with Gasteiger partial charge in [0.2, 0.25) is 0 Å². The Kier molecular flexibility index (Phi) is 4.58. The summed E-state index contributed by atoms with van der Waals surface area (Å²) in [4.78, 5) is 2.41. The van der Waals surface area contributed by atoms with E-state index in [-0.39, 0.29) is 5.92 Å². The first-order chi connectivity index (χ1) is 9.10. The Morgan fingerprint density at radius 1 is 1.53 bits per heavy atom. The van der Waals surface area contributed by atoms with Gasteiger partial charge in [0.05, 0.1) is 11.5 Å². The summed E-state index contributed by atoms with van der Waals surface area (Å²) in [7, 11) is 0. The summed E-state index contributed by atoms with van der Waals surface area (Å²) in [6.07, 6.45) is 5.18. The molecule has 0 saturated carbocycles. The van der Waals surface area contributed by atoms with E-state index in [1.807, 2.05) is 0 Å². The highest BCUT2D eigenvalue weighted by molar-refractivity contribution is 5.79. The van der Waals surface area contributed by atoms with Gasteiger partial charge in [-0.05, 0) is 45.3 Å². The zero-order chi connectivity index (χ0) is 13.8. The number of aromatic nitrogens is 2. The molecule has 106 valence electrons. The summed E-state index contributed by atoms with van der Waals surface area (Å²) in [6, 6.07) is 2.58. The zero-order valence-electron chi connectivity index (χ0n) is 12.0. The Morgan fingerprint density at radius 2 is 2.21 bits per heavy atom. The molecule has 5 nitrogen and oxygen atoms in total. The van der Waals surface area contributed by atoms with Crippen molar-refractivity contribution in [3.8, 4) is 0 Å². The monoisotopic (exact) mass is 263 g/mol. The van der Waals surface area contributed by atoms with Gasteiger partial charge >= 0.3 is 0 Å². The molecule has 1 saturated heterocycles. The van der Waals surface area contributed by atoms with Gasteiger partial charge in [0.1, 0.15) is 0 Å². The maximum Gasteiger partial charge on any atom is 0.0937 e. The fourth-order valence-corrected chi connectivity index (χ4v) is 2.53. The van der Waals surface area contributed by atoms with Crippen molar-refractivity contribution in [3.05, 3.63) is 18.0 Å². The maximum atomic E-state index is 7.49. The first kappa shape index (κ1) is 14.1. The second-order valence-corrected chi connectivity index (χ2v) is 5.55. The Hall–Kier alpha value is -1.36. The highest BCUT2D eigenvalue weighted by Crippen LogP contribution is 2.18. The minimum atomic E-state index is 0.286. The fourth-order valence-electron chi connectivity index (χ4n) is 2.53. The Labute approximate surface area is 115 Å². The summed E-state index contributed by atoms with van der Waals surface area (Å²) < 4.78 is 2.05. The molecule has 1 aromatic heterocycles. The largest absolute Gasteiger partial charge is 0.387 e. The van der Waals surface area contributed by atoms with E-state index in [0.29, 0.717) is 11.9 Å². The summed E-state index contributed by atoms with van der Waals surface area (Å²) in [5, 5.41) is 12.1. The molecule has 2 rings (SSSR count). The predicted octanol–water partition coefficient (Wildman–Crippen LogP) is 2.00. The van der Waals surface area contributed by atoms with Crippen molar-refractivity contribution in [2.45, 2.75) is 45.7 Å². The molecule has 3 N–H and O–H groups in total. The molecule has 1 fully saturated rings. The molecular weight excluding hydrogens is 238 g/mol. The minimum Gasteiger partial charge on any atom is -0.387 e. The number of nitrogens with zero attached hydrogens (tertiary/aromatic N) is 3. The van der Waals surface area contributed by atoms with Crippen molar-refractivity contribution in [2.24, 2.45) is 11.7 Å². The quantitative estimate of drug-likeness (QED) is 0.630. The number of nitrogens with one attached hydrogen (secondary N) is 1. The molecular formula is C14H25N5. The first-order valence-corrected chi connectivity index (χ1v) is 7.20. The van der Waals surface area contributed by atoms with Gasteiger partial charge in [-0.1, -0.05) is 6.92 Å². The lowest BCUT2D eigenvalue weighted by Gasteiger charge is -2.30. The van der Waals surface area contributed by atoms with E-state index in [9.17, 15) is 0 Å². The van der Waals surface area contributed by atoms with Crippen molar-refractivity contribution in [1.29, 1.82) is 5.41 Å². The summed E-state index contributed by atoms with van der Waals surface area (Å²) in [5.41, 5.74) is 6.71. The summed E-state index contributed by atoms with van der Waals surface area (Å²) in [5.74, 6) is 0.634. The molecule has 1 atom stereocenters. The third-order valence-corrected chi connectivity index (χ3v) is 4.12. The van der Waals surface area contributed by atoms with Crippen LogP contribution in [-0.2, 0) is 6.54 Å². The molecule has 1 aliphatic heterocycles. The normalized spacial score (nSPS) is 19.5. The smallest absolute Gasteiger partial charge is 0.0937 e. The van der Waals surface area contributed by atoms with E-state index in [1.54, 1.807) is 0 Å². The highest BCUT2D eigenvalue weighted by Gasteiger charge is 2.21. The Balaban J connectivity index is 1.85. The van der Waals surface area contributed by atoms with Gasteiger partial charge in [0.15, 0.2) is 0 Å². The van der Waals surface area contributed by atoms with Crippen LogP contribution in [0.3, 0.4) is 0 Å². The molecule has 19 heavy (non-hydrogen) atoms. The van der Waals surface area contributed by atoms with Crippen LogP contribution in [0.2, 0.25) is 0 Å². The van der Waals surface area contributed by atoms with Crippen molar-refractivity contribution >= 4 is 5.84 Å². The molecule has 0 aliphatic carbocycles. The van der Waals surface area contributed by atoms with Crippen LogP contribution in [0.5, 0.6) is 0 Å². The lowest BCUT2D eigenvalue weighted by Crippen LogP contribution is -2.37. The van der Waals surface area contributed by atoms with Gasteiger partial charge in [-0.25, -0.2) is 0 Å². The molecule has 5 heteroatoms. The van der Waals surface area contributed by atoms with Crippen LogP contribution in [0.25, 0.3) is 0 Å². The van der Waals surface area contributed by atoms with E-state index in [1.165, 1.54) is 0 Å². The number of amidine groups is 1. The van der Waals surface area contributed by atoms with Gasteiger partial charge in [-0.15, -0.1) is 0 Å². The first-order valence-electron chi connectivity index (χ1n) is 7.20. The second-order valence-electron chi connectivity index (χ2n) is 5.55. The lowest BCUT2D eigenvalue weighted by atomic mass is 9.96. The molecule has 1 aromatic rings. The molecule has 2 heterocycles. The third-order valence-electron chi connectivity index (χ3n) is 4.12. The van der Waals surface area contributed by atoms with E-state index in [4.69, 9.17) is 11.1 Å². The van der Waals surface area contributed by atoms with Crippen molar-refractivity contribution < 1.29 is 0 Å². The van der Waals surface area contributed by atoms with E-state index in [2.05, 4.69) is 40.8 Å². The molecule has 0 bridgehead atoms.